The van der Waals surface area contributed by atoms with E-state index in [4.69, 9.17) is 10.8 Å². The van der Waals surface area contributed by atoms with Crippen LogP contribution in [0.3, 0.4) is 0 Å². The second-order valence-corrected chi connectivity index (χ2v) is 3.46. The fraction of sp³-hybridized carbons (Fsp3) is 0.300. The zero-order valence-electron chi connectivity index (χ0n) is 7.66. The Kier molecular flexibility index (Phi) is 2.04. The van der Waals surface area contributed by atoms with Crippen LogP contribution in [0.25, 0.3) is 0 Å². The second-order valence-electron chi connectivity index (χ2n) is 3.46. The first kappa shape index (κ1) is 8.87. The van der Waals surface area contributed by atoms with Gasteiger partial charge in [-0.3, -0.25) is 0 Å². The molecule has 1 aromatic rings. The molecule has 4 nitrogen and oxygen atoms in total. The number of carboxylic acids is 1. The van der Waals surface area contributed by atoms with Crippen LogP contribution in [0.15, 0.2) is 18.2 Å². The number of carbonyl (C=O) groups is 1. The van der Waals surface area contributed by atoms with E-state index < -0.39 is 12.0 Å². The van der Waals surface area contributed by atoms with Crippen molar-refractivity contribution in [3.63, 3.8) is 0 Å². The third-order valence-corrected chi connectivity index (χ3v) is 2.50. The maximum Gasteiger partial charge on any atom is 0.326 e. The number of hydrogen-bond acceptors (Lipinski definition) is 3. The summed E-state index contributed by atoms with van der Waals surface area (Å²) in [5.74, 6) is -0.820. The summed E-state index contributed by atoms with van der Waals surface area (Å²) in [5, 5.41) is 11.8. The summed E-state index contributed by atoms with van der Waals surface area (Å²) in [7, 11) is 0. The van der Waals surface area contributed by atoms with E-state index in [2.05, 4.69) is 5.32 Å². The predicted molar refractivity (Wildman–Crippen MR) is 54.2 cm³/mol. The Morgan fingerprint density at radius 1 is 1.57 bits per heavy atom. The Bertz CT molecular complexity index is 376. The van der Waals surface area contributed by atoms with Crippen molar-refractivity contribution in [2.75, 3.05) is 11.1 Å². The average molecular weight is 192 g/mol. The van der Waals surface area contributed by atoms with E-state index in [-0.39, 0.29) is 0 Å². The molecule has 0 aliphatic carbocycles. The molecule has 0 amide bonds. The molecule has 74 valence electrons. The van der Waals surface area contributed by atoms with Crippen molar-refractivity contribution in [2.45, 2.75) is 18.9 Å². The van der Waals surface area contributed by atoms with E-state index in [9.17, 15) is 4.79 Å². The van der Waals surface area contributed by atoms with Gasteiger partial charge in [-0.25, -0.2) is 4.79 Å². The van der Waals surface area contributed by atoms with Crippen LogP contribution in [-0.4, -0.2) is 17.1 Å². The van der Waals surface area contributed by atoms with Crippen LogP contribution in [-0.2, 0) is 11.2 Å². The van der Waals surface area contributed by atoms with Crippen molar-refractivity contribution < 1.29 is 9.90 Å². The zero-order valence-corrected chi connectivity index (χ0v) is 7.66. The van der Waals surface area contributed by atoms with Gasteiger partial charge in [0.2, 0.25) is 0 Å². The highest BCUT2D eigenvalue weighted by Gasteiger charge is 2.24. The highest BCUT2D eigenvalue weighted by Crippen LogP contribution is 2.29. The largest absolute Gasteiger partial charge is 0.480 e. The van der Waals surface area contributed by atoms with Crippen LogP contribution in [0.4, 0.5) is 11.4 Å². The number of rotatable bonds is 1. The number of fused-ring (bicyclic) bond motifs is 1. The Balaban J connectivity index is 2.33. The summed E-state index contributed by atoms with van der Waals surface area (Å²) in [6.07, 6.45) is 1.39. The number of benzene rings is 1. The smallest absolute Gasteiger partial charge is 0.326 e. The number of nitrogens with two attached hydrogens (primary N) is 1. The number of nitrogen functional groups attached to an aromatic ring is 1. The minimum atomic E-state index is -0.820. The van der Waals surface area contributed by atoms with Crippen LogP contribution in [0.5, 0.6) is 0 Å². The van der Waals surface area contributed by atoms with E-state index in [0.717, 1.165) is 17.7 Å². The number of aryl methyl sites for hydroxylation is 1. The van der Waals surface area contributed by atoms with Gasteiger partial charge in [0.25, 0.3) is 0 Å². The predicted octanol–water partition coefficient (Wildman–Crippen LogP) is 1.08. The topological polar surface area (TPSA) is 75.3 Å². The summed E-state index contributed by atoms with van der Waals surface area (Å²) >= 11 is 0. The maximum atomic E-state index is 10.8. The van der Waals surface area contributed by atoms with E-state index in [1.165, 1.54) is 0 Å². The van der Waals surface area contributed by atoms with Crippen molar-refractivity contribution >= 4 is 17.3 Å². The van der Waals surface area contributed by atoms with E-state index in [0.29, 0.717) is 12.1 Å². The number of para-hydroxylation sites is 1. The molecule has 0 unspecified atom stereocenters. The molecule has 0 saturated heterocycles. The molecular formula is C10H12N2O2. The summed E-state index contributed by atoms with van der Waals surface area (Å²) in [6.45, 7) is 0. The first-order valence-corrected chi connectivity index (χ1v) is 4.55. The Morgan fingerprint density at radius 2 is 2.36 bits per heavy atom. The third-order valence-electron chi connectivity index (χ3n) is 2.50. The molecule has 1 heterocycles. The van der Waals surface area contributed by atoms with Crippen molar-refractivity contribution in [1.82, 2.24) is 0 Å². The van der Waals surface area contributed by atoms with Crippen LogP contribution >= 0.6 is 0 Å². The number of nitrogens with one attached hydrogen (secondary N) is 1. The minimum Gasteiger partial charge on any atom is -0.480 e. The van der Waals surface area contributed by atoms with Crippen molar-refractivity contribution in [1.29, 1.82) is 0 Å². The minimum absolute atomic E-state index is 0.507. The third kappa shape index (κ3) is 1.39. The monoisotopic (exact) mass is 192 g/mol. The molecule has 1 atom stereocenters. The summed E-state index contributed by atoms with van der Waals surface area (Å²) < 4.78 is 0. The standard InChI is InChI=1S/C10H12N2O2/c11-7-3-1-2-6-4-5-8(10(13)14)12-9(6)7/h1-3,8,12H,4-5,11H2,(H,13,14)/t8-/m1/s1. The first-order chi connectivity index (χ1) is 6.68. The highest BCUT2D eigenvalue weighted by atomic mass is 16.4. The van der Waals surface area contributed by atoms with E-state index in [1.54, 1.807) is 6.07 Å². The Hall–Kier alpha value is -1.71. The molecule has 0 bridgehead atoms. The fourth-order valence-electron chi connectivity index (χ4n) is 1.74. The van der Waals surface area contributed by atoms with Crippen molar-refractivity contribution in [2.24, 2.45) is 0 Å². The summed E-state index contributed by atoms with van der Waals surface area (Å²) in [5.41, 5.74) is 8.25. The van der Waals surface area contributed by atoms with Gasteiger partial charge in [-0.15, -0.1) is 0 Å². The normalized spacial score (nSPS) is 19.6. The maximum absolute atomic E-state index is 10.8. The molecule has 0 aromatic heterocycles. The summed E-state index contributed by atoms with van der Waals surface area (Å²) in [6, 6.07) is 5.12. The Labute approximate surface area is 81.7 Å². The van der Waals surface area contributed by atoms with Crippen molar-refractivity contribution in [3.05, 3.63) is 23.8 Å². The molecule has 0 fully saturated rings. The highest BCUT2D eigenvalue weighted by molar-refractivity contribution is 5.82. The lowest BCUT2D eigenvalue weighted by Gasteiger charge is -2.25. The summed E-state index contributed by atoms with van der Waals surface area (Å²) in [4.78, 5) is 10.8. The van der Waals surface area contributed by atoms with Crippen LogP contribution in [0.2, 0.25) is 0 Å². The van der Waals surface area contributed by atoms with E-state index >= 15 is 0 Å². The number of anilines is 2. The fourth-order valence-corrected chi connectivity index (χ4v) is 1.74. The van der Waals surface area contributed by atoms with Crippen molar-refractivity contribution in [3.8, 4) is 0 Å². The molecule has 14 heavy (non-hydrogen) atoms. The molecule has 4 N–H and O–H groups in total. The molecule has 1 aliphatic heterocycles. The van der Waals surface area contributed by atoms with Gasteiger partial charge in [0, 0.05) is 0 Å². The molecule has 2 rings (SSSR count). The number of hydrogen-bond donors (Lipinski definition) is 3. The lowest BCUT2D eigenvalue weighted by Crippen LogP contribution is -2.33. The molecular weight excluding hydrogens is 180 g/mol. The first-order valence-electron chi connectivity index (χ1n) is 4.55. The second kappa shape index (κ2) is 3.21. The zero-order chi connectivity index (χ0) is 10.1. The molecule has 0 saturated carbocycles. The quantitative estimate of drug-likeness (QED) is 0.582. The number of carboxylic acid groups (broad SMARTS) is 1. The van der Waals surface area contributed by atoms with Gasteiger partial charge in [-0.1, -0.05) is 12.1 Å². The van der Waals surface area contributed by atoms with Gasteiger partial charge in [0.1, 0.15) is 6.04 Å². The molecule has 0 spiro atoms. The average Bonchev–Trinajstić information content (AvgIpc) is 2.18. The van der Waals surface area contributed by atoms with Gasteiger partial charge in [-0.2, -0.15) is 0 Å². The molecule has 0 radical (unpaired) electrons. The van der Waals surface area contributed by atoms with Gasteiger partial charge in [0.15, 0.2) is 0 Å². The molecule has 4 heteroatoms. The number of aliphatic carboxylic acids is 1. The Morgan fingerprint density at radius 3 is 3.07 bits per heavy atom. The van der Waals surface area contributed by atoms with Gasteiger partial charge >= 0.3 is 5.97 Å². The lowest BCUT2D eigenvalue weighted by molar-refractivity contribution is -0.138. The van der Waals surface area contributed by atoms with Gasteiger partial charge < -0.3 is 16.2 Å². The van der Waals surface area contributed by atoms with Gasteiger partial charge in [0.05, 0.1) is 11.4 Å². The van der Waals surface area contributed by atoms with Gasteiger partial charge in [-0.05, 0) is 24.5 Å². The van der Waals surface area contributed by atoms with Crippen LogP contribution in [0, 0.1) is 0 Å². The molecule has 1 aromatic carbocycles. The van der Waals surface area contributed by atoms with E-state index in [1.807, 2.05) is 12.1 Å². The SMILES string of the molecule is Nc1cccc2c1N[C@@H](C(=O)O)CC2. The van der Waals surface area contributed by atoms with Crippen LogP contribution < -0.4 is 11.1 Å². The van der Waals surface area contributed by atoms with Crippen LogP contribution in [0.1, 0.15) is 12.0 Å². The molecule has 1 aliphatic rings. The lowest BCUT2D eigenvalue weighted by atomic mass is 9.97.